The lowest BCUT2D eigenvalue weighted by atomic mass is 10.2. The van der Waals surface area contributed by atoms with E-state index in [1.165, 1.54) is 0 Å². The standard InChI is InChI=1S/C13H12IN5/c1-8(12-15-5-6-16-12)19-13-11-9(14)3-2-4-10(11)17-7-18-13/h2-8H,1H3,(H,15,16)(H,17,18,19)/t8-/m1/s1. The number of nitrogens with zero attached hydrogens (tertiary/aromatic N) is 3. The Kier molecular flexibility index (Phi) is 3.33. The van der Waals surface area contributed by atoms with Crippen molar-refractivity contribution in [2.24, 2.45) is 0 Å². The minimum absolute atomic E-state index is 0.0594. The van der Waals surface area contributed by atoms with Gasteiger partial charge in [-0.05, 0) is 41.6 Å². The molecule has 3 rings (SSSR count). The lowest BCUT2D eigenvalue weighted by Gasteiger charge is -2.14. The first kappa shape index (κ1) is 12.3. The first-order valence-corrected chi connectivity index (χ1v) is 6.98. The minimum atomic E-state index is 0.0594. The zero-order valence-electron chi connectivity index (χ0n) is 10.3. The molecule has 3 aromatic rings. The highest BCUT2D eigenvalue weighted by molar-refractivity contribution is 14.1. The number of aromatic nitrogens is 4. The molecular formula is C13H12IN5. The number of anilines is 1. The fourth-order valence-corrected chi connectivity index (χ4v) is 2.70. The fourth-order valence-electron chi connectivity index (χ4n) is 1.97. The predicted octanol–water partition coefficient (Wildman–Crippen LogP) is 3.13. The van der Waals surface area contributed by atoms with Crippen molar-refractivity contribution in [3.63, 3.8) is 0 Å². The summed E-state index contributed by atoms with van der Waals surface area (Å²) in [5, 5.41) is 4.42. The van der Waals surface area contributed by atoms with Gasteiger partial charge < -0.3 is 10.3 Å². The fraction of sp³-hybridized carbons (Fsp3) is 0.154. The van der Waals surface area contributed by atoms with Gasteiger partial charge in [0.15, 0.2) is 0 Å². The second-order valence-corrected chi connectivity index (χ2v) is 5.36. The molecule has 0 aliphatic rings. The highest BCUT2D eigenvalue weighted by Crippen LogP contribution is 2.26. The average molecular weight is 365 g/mol. The van der Waals surface area contributed by atoms with Crippen molar-refractivity contribution in [1.29, 1.82) is 0 Å². The van der Waals surface area contributed by atoms with E-state index in [-0.39, 0.29) is 6.04 Å². The van der Waals surface area contributed by atoms with Gasteiger partial charge in [0.1, 0.15) is 18.0 Å². The van der Waals surface area contributed by atoms with Gasteiger partial charge in [0, 0.05) is 16.0 Å². The summed E-state index contributed by atoms with van der Waals surface area (Å²) < 4.78 is 1.13. The van der Waals surface area contributed by atoms with E-state index in [2.05, 4.69) is 53.9 Å². The monoisotopic (exact) mass is 365 g/mol. The van der Waals surface area contributed by atoms with Crippen molar-refractivity contribution >= 4 is 39.3 Å². The number of aromatic amines is 1. The molecule has 1 aromatic carbocycles. The maximum atomic E-state index is 4.35. The van der Waals surface area contributed by atoms with Crippen LogP contribution in [0.5, 0.6) is 0 Å². The lowest BCUT2D eigenvalue weighted by molar-refractivity contribution is 0.805. The van der Waals surface area contributed by atoms with Crippen molar-refractivity contribution in [2.75, 3.05) is 5.32 Å². The number of rotatable bonds is 3. The van der Waals surface area contributed by atoms with Crippen molar-refractivity contribution in [2.45, 2.75) is 13.0 Å². The van der Waals surface area contributed by atoms with Gasteiger partial charge in [-0.3, -0.25) is 0 Å². The summed E-state index contributed by atoms with van der Waals surface area (Å²) in [6.07, 6.45) is 5.14. The van der Waals surface area contributed by atoms with Crippen molar-refractivity contribution in [3.05, 3.63) is 46.3 Å². The molecule has 0 aliphatic heterocycles. The molecular weight excluding hydrogens is 353 g/mol. The van der Waals surface area contributed by atoms with Crippen LogP contribution in [0.1, 0.15) is 18.8 Å². The van der Waals surface area contributed by atoms with Crippen LogP contribution >= 0.6 is 22.6 Å². The lowest BCUT2D eigenvalue weighted by Crippen LogP contribution is -2.10. The molecule has 6 heteroatoms. The zero-order valence-corrected chi connectivity index (χ0v) is 12.4. The van der Waals surface area contributed by atoms with Crippen LogP contribution in [0.2, 0.25) is 0 Å². The van der Waals surface area contributed by atoms with Crippen molar-refractivity contribution in [3.8, 4) is 0 Å². The number of benzene rings is 1. The molecule has 2 N–H and O–H groups in total. The molecule has 0 saturated carbocycles. The SMILES string of the molecule is C[C@@H](Nc1ncnc2cccc(I)c12)c1ncc[nH]1. The van der Waals surface area contributed by atoms with Crippen molar-refractivity contribution in [1.82, 2.24) is 19.9 Å². The van der Waals surface area contributed by atoms with Crippen LogP contribution in [-0.2, 0) is 0 Å². The minimum Gasteiger partial charge on any atom is -0.360 e. The number of halogens is 1. The number of nitrogens with one attached hydrogen (secondary N) is 2. The Morgan fingerprint density at radius 3 is 2.95 bits per heavy atom. The Bertz CT molecular complexity index is 690. The molecule has 0 amide bonds. The topological polar surface area (TPSA) is 66.5 Å². The second-order valence-electron chi connectivity index (χ2n) is 4.20. The van der Waals surface area contributed by atoms with Crippen LogP contribution < -0.4 is 5.32 Å². The summed E-state index contributed by atoms with van der Waals surface area (Å²) in [6, 6.07) is 6.09. The van der Waals surface area contributed by atoms with E-state index in [0.717, 1.165) is 26.1 Å². The summed E-state index contributed by atoms with van der Waals surface area (Å²) in [4.78, 5) is 16.0. The zero-order chi connectivity index (χ0) is 13.2. The molecule has 0 fully saturated rings. The molecule has 0 radical (unpaired) electrons. The normalized spacial score (nSPS) is 12.5. The molecule has 0 saturated heterocycles. The van der Waals surface area contributed by atoms with E-state index in [0.29, 0.717) is 0 Å². The van der Waals surface area contributed by atoms with Gasteiger partial charge in [0.2, 0.25) is 0 Å². The van der Waals surface area contributed by atoms with Crippen LogP contribution in [0.15, 0.2) is 36.9 Å². The van der Waals surface area contributed by atoms with E-state index in [1.807, 2.05) is 25.3 Å². The molecule has 0 unspecified atom stereocenters. The maximum absolute atomic E-state index is 4.35. The Morgan fingerprint density at radius 2 is 2.16 bits per heavy atom. The van der Waals surface area contributed by atoms with Gasteiger partial charge >= 0.3 is 0 Å². The Hall–Kier alpha value is -1.70. The van der Waals surface area contributed by atoms with E-state index in [4.69, 9.17) is 0 Å². The summed E-state index contributed by atoms with van der Waals surface area (Å²) in [6.45, 7) is 2.04. The van der Waals surface area contributed by atoms with E-state index < -0.39 is 0 Å². The van der Waals surface area contributed by atoms with Crippen LogP contribution in [0.3, 0.4) is 0 Å². The second kappa shape index (κ2) is 5.12. The van der Waals surface area contributed by atoms with Gasteiger partial charge in [0.05, 0.1) is 16.9 Å². The molecule has 2 heterocycles. The third-order valence-corrected chi connectivity index (χ3v) is 3.79. The quantitative estimate of drug-likeness (QED) is 0.700. The predicted molar refractivity (Wildman–Crippen MR) is 82.9 cm³/mol. The molecule has 2 aromatic heterocycles. The summed E-state index contributed by atoms with van der Waals surface area (Å²) >= 11 is 2.30. The molecule has 96 valence electrons. The van der Waals surface area contributed by atoms with Crippen LogP contribution in [0.4, 0.5) is 5.82 Å². The molecule has 5 nitrogen and oxygen atoms in total. The first-order valence-electron chi connectivity index (χ1n) is 5.91. The summed E-state index contributed by atoms with van der Waals surface area (Å²) in [5.74, 6) is 1.72. The largest absolute Gasteiger partial charge is 0.360 e. The van der Waals surface area contributed by atoms with Crippen LogP contribution in [0.25, 0.3) is 10.9 Å². The van der Waals surface area contributed by atoms with E-state index >= 15 is 0 Å². The number of hydrogen-bond acceptors (Lipinski definition) is 4. The van der Waals surface area contributed by atoms with Gasteiger partial charge in [-0.2, -0.15) is 0 Å². The Morgan fingerprint density at radius 1 is 1.26 bits per heavy atom. The third kappa shape index (κ3) is 2.40. The first-order chi connectivity index (χ1) is 9.25. The molecule has 0 spiro atoms. The summed E-state index contributed by atoms with van der Waals surface area (Å²) in [5.41, 5.74) is 0.941. The number of hydrogen-bond donors (Lipinski definition) is 2. The highest BCUT2D eigenvalue weighted by Gasteiger charge is 2.12. The smallest absolute Gasteiger partial charge is 0.138 e. The average Bonchev–Trinajstić information content (AvgIpc) is 2.93. The van der Waals surface area contributed by atoms with E-state index in [1.54, 1.807) is 12.5 Å². The van der Waals surface area contributed by atoms with Gasteiger partial charge in [0.25, 0.3) is 0 Å². The van der Waals surface area contributed by atoms with Crippen LogP contribution in [0, 0.1) is 3.57 Å². The molecule has 0 bridgehead atoms. The third-order valence-electron chi connectivity index (χ3n) is 2.89. The van der Waals surface area contributed by atoms with Gasteiger partial charge in [-0.15, -0.1) is 0 Å². The molecule has 1 atom stereocenters. The number of fused-ring (bicyclic) bond motifs is 1. The van der Waals surface area contributed by atoms with Gasteiger partial charge in [-0.25, -0.2) is 15.0 Å². The Balaban J connectivity index is 2.01. The molecule has 19 heavy (non-hydrogen) atoms. The highest BCUT2D eigenvalue weighted by atomic mass is 127. The Labute approximate surface area is 124 Å². The van der Waals surface area contributed by atoms with Crippen LogP contribution in [-0.4, -0.2) is 19.9 Å². The van der Waals surface area contributed by atoms with Gasteiger partial charge in [-0.1, -0.05) is 6.07 Å². The van der Waals surface area contributed by atoms with E-state index in [9.17, 15) is 0 Å². The van der Waals surface area contributed by atoms with Crippen molar-refractivity contribution < 1.29 is 0 Å². The number of imidazole rings is 1. The summed E-state index contributed by atoms with van der Waals surface area (Å²) in [7, 11) is 0. The molecule has 0 aliphatic carbocycles. The maximum Gasteiger partial charge on any atom is 0.138 e. The number of H-pyrrole nitrogens is 1.